The number of aromatic amines is 1. The Morgan fingerprint density at radius 2 is 2.10 bits per heavy atom. The summed E-state index contributed by atoms with van der Waals surface area (Å²) in [5, 5.41) is 10.4. The average molecular weight is 339 g/mol. The zero-order valence-electron chi connectivity index (χ0n) is 11.9. The van der Waals surface area contributed by atoms with Crippen LogP contribution in [0, 0.1) is 0 Å². The van der Waals surface area contributed by atoms with Gasteiger partial charge in [0.1, 0.15) is 0 Å². The molecule has 4 nitrogen and oxygen atoms in total. The fraction of sp³-hybridized carbons (Fsp3) is 0.400. The Bertz CT molecular complexity index is 628. The van der Waals surface area contributed by atoms with Crippen molar-refractivity contribution < 1.29 is 9.90 Å². The lowest BCUT2D eigenvalue weighted by atomic mass is 10.0. The number of hydrogen-bond donors (Lipinski definition) is 2. The molecular weight excluding hydrogens is 320 g/mol. The van der Waals surface area contributed by atoms with Crippen LogP contribution in [0.5, 0.6) is 0 Å². The standard InChI is InChI=1S/C15H19BrN2O2/c1-15(2,3)18(14(19)20)7-6-10-9-17-13-8-11(16)4-5-12(10)13/h4-5,8-9,17H,6-7H2,1-3H3,(H,19,20). The minimum Gasteiger partial charge on any atom is -0.465 e. The summed E-state index contributed by atoms with van der Waals surface area (Å²) in [5.74, 6) is 0. The van der Waals surface area contributed by atoms with Crippen LogP contribution in [0.3, 0.4) is 0 Å². The van der Waals surface area contributed by atoms with E-state index in [2.05, 4.69) is 20.9 Å². The number of rotatable bonds is 3. The second kappa shape index (κ2) is 5.48. The number of fused-ring (bicyclic) bond motifs is 1. The van der Waals surface area contributed by atoms with Gasteiger partial charge in [0.25, 0.3) is 0 Å². The van der Waals surface area contributed by atoms with E-state index >= 15 is 0 Å². The highest BCUT2D eigenvalue weighted by atomic mass is 79.9. The van der Waals surface area contributed by atoms with Crippen LogP contribution < -0.4 is 0 Å². The Morgan fingerprint density at radius 1 is 1.40 bits per heavy atom. The highest BCUT2D eigenvalue weighted by Crippen LogP contribution is 2.23. The summed E-state index contributed by atoms with van der Waals surface area (Å²) in [4.78, 5) is 16.0. The van der Waals surface area contributed by atoms with Crippen molar-refractivity contribution in [1.29, 1.82) is 0 Å². The third-order valence-electron chi connectivity index (χ3n) is 3.37. The fourth-order valence-corrected chi connectivity index (χ4v) is 2.68. The van der Waals surface area contributed by atoms with Crippen LogP contribution >= 0.6 is 15.9 Å². The van der Waals surface area contributed by atoms with Crippen molar-refractivity contribution in [2.75, 3.05) is 6.54 Å². The molecule has 5 heteroatoms. The van der Waals surface area contributed by atoms with E-state index in [0.29, 0.717) is 13.0 Å². The number of amides is 1. The van der Waals surface area contributed by atoms with Crippen molar-refractivity contribution in [3.8, 4) is 0 Å². The Morgan fingerprint density at radius 3 is 2.70 bits per heavy atom. The van der Waals surface area contributed by atoms with Crippen LogP contribution in [0.25, 0.3) is 10.9 Å². The summed E-state index contributed by atoms with van der Waals surface area (Å²) in [6, 6.07) is 6.07. The largest absolute Gasteiger partial charge is 0.465 e. The van der Waals surface area contributed by atoms with Gasteiger partial charge in [-0.2, -0.15) is 0 Å². The van der Waals surface area contributed by atoms with Gasteiger partial charge in [-0.05, 0) is 44.9 Å². The second-order valence-electron chi connectivity index (χ2n) is 5.86. The molecule has 0 radical (unpaired) electrons. The summed E-state index contributed by atoms with van der Waals surface area (Å²) in [6.07, 6.45) is 1.78. The lowest BCUT2D eigenvalue weighted by molar-refractivity contribution is 0.101. The summed E-state index contributed by atoms with van der Waals surface area (Å²) < 4.78 is 1.03. The normalized spacial score (nSPS) is 11.8. The van der Waals surface area contributed by atoms with Crippen LogP contribution in [0.1, 0.15) is 26.3 Å². The molecule has 2 aromatic rings. The van der Waals surface area contributed by atoms with Gasteiger partial charge < -0.3 is 15.0 Å². The number of nitrogens with one attached hydrogen (secondary N) is 1. The number of carboxylic acid groups (broad SMARTS) is 1. The highest BCUT2D eigenvalue weighted by molar-refractivity contribution is 9.10. The van der Waals surface area contributed by atoms with E-state index in [1.165, 1.54) is 4.90 Å². The molecule has 0 bridgehead atoms. The van der Waals surface area contributed by atoms with Gasteiger partial charge in [-0.15, -0.1) is 0 Å². The molecule has 0 fully saturated rings. The van der Waals surface area contributed by atoms with Crippen molar-refractivity contribution >= 4 is 32.9 Å². The van der Waals surface area contributed by atoms with Gasteiger partial charge in [0.15, 0.2) is 0 Å². The molecule has 0 aliphatic heterocycles. The van der Waals surface area contributed by atoms with Gasteiger partial charge in [-0.25, -0.2) is 4.79 Å². The second-order valence-corrected chi connectivity index (χ2v) is 6.77. The van der Waals surface area contributed by atoms with Crippen molar-refractivity contribution in [2.24, 2.45) is 0 Å². The van der Waals surface area contributed by atoms with E-state index in [0.717, 1.165) is 20.9 Å². The quantitative estimate of drug-likeness (QED) is 0.878. The van der Waals surface area contributed by atoms with Crippen LogP contribution in [-0.4, -0.2) is 33.2 Å². The fourth-order valence-electron chi connectivity index (χ4n) is 2.32. The molecule has 108 valence electrons. The monoisotopic (exact) mass is 338 g/mol. The Balaban J connectivity index is 2.18. The molecule has 0 unspecified atom stereocenters. The van der Waals surface area contributed by atoms with Crippen molar-refractivity contribution in [1.82, 2.24) is 9.88 Å². The van der Waals surface area contributed by atoms with Gasteiger partial charge in [-0.3, -0.25) is 0 Å². The van der Waals surface area contributed by atoms with Crippen LogP contribution in [0.15, 0.2) is 28.9 Å². The third kappa shape index (κ3) is 3.15. The number of aromatic nitrogens is 1. The number of hydrogen-bond acceptors (Lipinski definition) is 1. The SMILES string of the molecule is CC(C)(C)N(CCc1c[nH]c2cc(Br)ccc12)C(=O)O. The topological polar surface area (TPSA) is 56.3 Å². The van der Waals surface area contributed by atoms with E-state index < -0.39 is 6.09 Å². The van der Waals surface area contributed by atoms with Gasteiger partial charge in [-0.1, -0.05) is 22.0 Å². The van der Waals surface area contributed by atoms with E-state index in [9.17, 15) is 9.90 Å². The van der Waals surface area contributed by atoms with Gasteiger partial charge in [0.05, 0.1) is 0 Å². The molecule has 0 saturated heterocycles. The molecule has 0 atom stereocenters. The molecule has 0 aliphatic rings. The smallest absolute Gasteiger partial charge is 0.407 e. The number of benzene rings is 1. The molecule has 1 aromatic carbocycles. The molecule has 1 amide bonds. The van der Waals surface area contributed by atoms with Gasteiger partial charge in [0.2, 0.25) is 0 Å². The van der Waals surface area contributed by atoms with Crippen molar-refractivity contribution in [3.05, 3.63) is 34.4 Å². The first-order valence-corrected chi connectivity index (χ1v) is 7.34. The summed E-state index contributed by atoms with van der Waals surface area (Å²) in [6.45, 7) is 6.22. The molecular formula is C15H19BrN2O2. The maximum atomic E-state index is 11.3. The lowest BCUT2D eigenvalue weighted by Crippen LogP contribution is -2.45. The maximum Gasteiger partial charge on any atom is 0.407 e. The number of halogens is 1. The Labute approximate surface area is 126 Å². The highest BCUT2D eigenvalue weighted by Gasteiger charge is 2.25. The number of nitrogens with zero attached hydrogens (tertiary/aromatic N) is 1. The Hall–Kier alpha value is -1.49. The molecule has 20 heavy (non-hydrogen) atoms. The van der Waals surface area contributed by atoms with Crippen LogP contribution in [0.4, 0.5) is 4.79 Å². The third-order valence-corrected chi connectivity index (χ3v) is 3.87. The zero-order chi connectivity index (χ0) is 14.9. The molecule has 2 rings (SSSR count). The summed E-state index contributed by atoms with van der Waals surface area (Å²) >= 11 is 3.44. The molecule has 1 aromatic heterocycles. The molecule has 0 saturated carbocycles. The van der Waals surface area contributed by atoms with Crippen molar-refractivity contribution in [2.45, 2.75) is 32.7 Å². The first-order chi connectivity index (χ1) is 9.29. The zero-order valence-corrected chi connectivity index (χ0v) is 13.5. The van der Waals surface area contributed by atoms with Gasteiger partial charge >= 0.3 is 6.09 Å². The minimum absolute atomic E-state index is 0.388. The number of H-pyrrole nitrogens is 1. The Kier molecular flexibility index (Phi) is 4.09. The van der Waals surface area contributed by atoms with Crippen LogP contribution in [0.2, 0.25) is 0 Å². The van der Waals surface area contributed by atoms with Crippen LogP contribution in [-0.2, 0) is 6.42 Å². The van der Waals surface area contributed by atoms with E-state index in [-0.39, 0.29) is 5.54 Å². The minimum atomic E-state index is -0.875. The van der Waals surface area contributed by atoms with E-state index in [1.54, 1.807) is 0 Å². The predicted molar refractivity (Wildman–Crippen MR) is 84.2 cm³/mol. The predicted octanol–water partition coefficient (Wildman–Crippen LogP) is 4.25. The van der Waals surface area contributed by atoms with E-state index in [1.807, 2.05) is 45.2 Å². The van der Waals surface area contributed by atoms with Gasteiger partial charge in [0, 0.05) is 33.7 Å². The molecule has 0 aliphatic carbocycles. The summed E-state index contributed by atoms with van der Waals surface area (Å²) in [5.41, 5.74) is 1.82. The first kappa shape index (κ1) is 14.9. The molecule has 1 heterocycles. The lowest BCUT2D eigenvalue weighted by Gasteiger charge is -2.33. The molecule has 2 N–H and O–H groups in total. The summed E-state index contributed by atoms with van der Waals surface area (Å²) in [7, 11) is 0. The van der Waals surface area contributed by atoms with Crippen molar-refractivity contribution in [3.63, 3.8) is 0 Å². The number of carbonyl (C=O) groups is 1. The maximum absolute atomic E-state index is 11.3. The first-order valence-electron chi connectivity index (χ1n) is 6.55. The average Bonchev–Trinajstić information content (AvgIpc) is 2.69. The van der Waals surface area contributed by atoms with E-state index in [4.69, 9.17) is 0 Å². The molecule has 0 spiro atoms.